The first kappa shape index (κ1) is 15.0. The molecular formula is C19H24N2O. The Hall–Kier alpha value is -1.87. The summed E-state index contributed by atoms with van der Waals surface area (Å²) in [6.07, 6.45) is 2.48. The van der Waals surface area contributed by atoms with Crippen LogP contribution in [-0.4, -0.2) is 11.5 Å². The largest absolute Gasteiger partial charge is 0.457 e. The number of ether oxygens (including phenoxy) is 1. The highest BCUT2D eigenvalue weighted by Gasteiger charge is 2.19. The van der Waals surface area contributed by atoms with E-state index in [0.717, 1.165) is 35.3 Å². The fraction of sp³-hybridized carbons (Fsp3) is 0.421. The number of hydrogen-bond donors (Lipinski definition) is 1. The predicted octanol–water partition coefficient (Wildman–Crippen LogP) is 4.55. The maximum Gasteiger partial charge on any atom is 0.131 e. The SMILES string of the molecule is Cc1cc(Oc2cccc([C@H]3CC[C@H](C)CN3)c2)cc(C)n1. The minimum absolute atomic E-state index is 0.445. The van der Waals surface area contributed by atoms with Crippen LogP contribution in [0.4, 0.5) is 0 Å². The number of pyridine rings is 1. The fourth-order valence-corrected chi connectivity index (χ4v) is 3.07. The van der Waals surface area contributed by atoms with Gasteiger partial charge in [0, 0.05) is 29.6 Å². The number of nitrogens with one attached hydrogen (secondary N) is 1. The van der Waals surface area contributed by atoms with Crippen LogP contribution in [-0.2, 0) is 0 Å². The molecule has 2 heterocycles. The van der Waals surface area contributed by atoms with Crippen molar-refractivity contribution < 1.29 is 4.74 Å². The van der Waals surface area contributed by atoms with Gasteiger partial charge in [-0.15, -0.1) is 0 Å². The van der Waals surface area contributed by atoms with Gasteiger partial charge >= 0.3 is 0 Å². The molecule has 1 aromatic heterocycles. The number of aryl methyl sites for hydroxylation is 2. The first-order chi connectivity index (χ1) is 10.6. The summed E-state index contributed by atoms with van der Waals surface area (Å²) in [5.74, 6) is 2.52. The molecule has 0 amide bonds. The molecule has 1 N–H and O–H groups in total. The van der Waals surface area contributed by atoms with Crippen molar-refractivity contribution in [3.05, 3.63) is 53.3 Å². The number of hydrogen-bond acceptors (Lipinski definition) is 3. The molecule has 0 aliphatic carbocycles. The molecule has 0 bridgehead atoms. The molecule has 3 rings (SSSR count). The van der Waals surface area contributed by atoms with E-state index in [1.165, 1.54) is 18.4 Å². The zero-order chi connectivity index (χ0) is 15.5. The van der Waals surface area contributed by atoms with E-state index in [1.807, 2.05) is 32.0 Å². The second kappa shape index (κ2) is 6.49. The van der Waals surface area contributed by atoms with E-state index in [1.54, 1.807) is 0 Å². The summed E-state index contributed by atoms with van der Waals surface area (Å²) in [5.41, 5.74) is 3.27. The molecule has 1 aliphatic rings. The molecular weight excluding hydrogens is 272 g/mol. The van der Waals surface area contributed by atoms with E-state index in [-0.39, 0.29) is 0 Å². The third-order valence-corrected chi connectivity index (χ3v) is 4.21. The molecule has 0 spiro atoms. The minimum atomic E-state index is 0.445. The summed E-state index contributed by atoms with van der Waals surface area (Å²) < 4.78 is 6.02. The molecule has 1 aliphatic heterocycles. The van der Waals surface area contributed by atoms with Crippen LogP contribution in [0, 0.1) is 19.8 Å². The van der Waals surface area contributed by atoms with Gasteiger partial charge < -0.3 is 10.1 Å². The summed E-state index contributed by atoms with van der Waals surface area (Å²) in [4.78, 5) is 4.38. The van der Waals surface area contributed by atoms with Crippen molar-refractivity contribution in [3.8, 4) is 11.5 Å². The van der Waals surface area contributed by atoms with Crippen molar-refractivity contribution in [2.24, 2.45) is 5.92 Å². The van der Waals surface area contributed by atoms with E-state index in [2.05, 4.69) is 35.4 Å². The Morgan fingerprint density at radius 3 is 2.50 bits per heavy atom. The monoisotopic (exact) mass is 296 g/mol. The van der Waals surface area contributed by atoms with Gasteiger partial charge in [-0.25, -0.2) is 0 Å². The molecule has 116 valence electrons. The van der Waals surface area contributed by atoms with E-state index in [4.69, 9.17) is 4.74 Å². The highest BCUT2D eigenvalue weighted by molar-refractivity contribution is 5.36. The van der Waals surface area contributed by atoms with Crippen LogP contribution in [0.5, 0.6) is 11.5 Å². The maximum atomic E-state index is 6.02. The van der Waals surface area contributed by atoms with E-state index in [9.17, 15) is 0 Å². The Kier molecular flexibility index (Phi) is 4.44. The van der Waals surface area contributed by atoms with Gasteiger partial charge in [0.25, 0.3) is 0 Å². The predicted molar refractivity (Wildman–Crippen MR) is 89.4 cm³/mol. The van der Waals surface area contributed by atoms with Gasteiger partial charge in [-0.2, -0.15) is 0 Å². The highest BCUT2D eigenvalue weighted by atomic mass is 16.5. The Morgan fingerprint density at radius 1 is 1.05 bits per heavy atom. The van der Waals surface area contributed by atoms with Gasteiger partial charge in [-0.1, -0.05) is 19.1 Å². The third-order valence-electron chi connectivity index (χ3n) is 4.21. The Balaban J connectivity index is 1.76. The summed E-state index contributed by atoms with van der Waals surface area (Å²) in [6.45, 7) is 7.38. The first-order valence-electron chi connectivity index (χ1n) is 8.06. The Bertz CT molecular complexity index is 625. The highest BCUT2D eigenvalue weighted by Crippen LogP contribution is 2.29. The molecule has 22 heavy (non-hydrogen) atoms. The lowest BCUT2D eigenvalue weighted by molar-refractivity contribution is 0.332. The zero-order valence-electron chi connectivity index (χ0n) is 13.6. The molecule has 1 fully saturated rings. The van der Waals surface area contributed by atoms with Gasteiger partial charge in [0.15, 0.2) is 0 Å². The fourth-order valence-electron chi connectivity index (χ4n) is 3.07. The van der Waals surface area contributed by atoms with Crippen molar-refractivity contribution in [1.29, 1.82) is 0 Å². The summed E-state index contributed by atoms with van der Waals surface area (Å²) in [5, 5.41) is 3.63. The summed E-state index contributed by atoms with van der Waals surface area (Å²) in [6, 6.07) is 12.8. The van der Waals surface area contributed by atoms with Gasteiger partial charge in [0.05, 0.1) is 0 Å². The lowest BCUT2D eigenvalue weighted by Gasteiger charge is -2.28. The lowest BCUT2D eigenvalue weighted by atomic mass is 9.92. The standard InChI is InChI=1S/C19H24N2O/c1-13-7-8-19(20-12-13)16-5-4-6-17(11-16)22-18-9-14(2)21-15(3)10-18/h4-6,9-11,13,19-20H,7-8,12H2,1-3H3/t13-,19+/m0/s1. The zero-order valence-corrected chi connectivity index (χ0v) is 13.6. The molecule has 2 atom stereocenters. The van der Waals surface area contributed by atoms with Crippen LogP contribution in [0.1, 0.15) is 42.8 Å². The number of piperidine rings is 1. The van der Waals surface area contributed by atoms with Crippen LogP contribution < -0.4 is 10.1 Å². The molecule has 0 radical (unpaired) electrons. The topological polar surface area (TPSA) is 34.1 Å². The Labute approximate surface area is 132 Å². The second-order valence-electron chi connectivity index (χ2n) is 6.40. The van der Waals surface area contributed by atoms with Crippen molar-refractivity contribution in [3.63, 3.8) is 0 Å². The van der Waals surface area contributed by atoms with Gasteiger partial charge in [-0.3, -0.25) is 4.98 Å². The third kappa shape index (κ3) is 3.66. The van der Waals surface area contributed by atoms with E-state index in [0.29, 0.717) is 6.04 Å². The number of aromatic nitrogens is 1. The van der Waals surface area contributed by atoms with Gasteiger partial charge in [0.1, 0.15) is 11.5 Å². The van der Waals surface area contributed by atoms with Crippen LogP contribution >= 0.6 is 0 Å². The normalized spacial score (nSPS) is 21.6. The average Bonchev–Trinajstić information content (AvgIpc) is 2.47. The van der Waals surface area contributed by atoms with Crippen LogP contribution in [0.15, 0.2) is 36.4 Å². The van der Waals surface area contributed by atoms with Crippen LogP contribution in [0.2, 0.25) is 0 Å². The van der Waals surface area contributed by atoms with Crippen molar-refractivity contribution in [2.45, 2.75) is 39.7 Å². The van der Waals surface area contributed by atoms with Crippen molar-refractivity contribution >= 4 is 0 Å². The smallest absolute Gasteiger partial charge is 0.131 e. The van der Waals surface area contributed by atoms with Crippen LogP contribution in [0.3, 0.4) is 0 Å². The second-order valence-corrected chi connectivity index (χ2v) is 6.40. The summed E-state index contributed by atoms with van der Waals surface area (Å²) in [7, 11) is 0. The number of rotatable bonds is 3. The minimum Gasteiger partial charge on any atom is -0.457 e. The molecule has 3 nitrogen and oxygen atoms in total. The lowest BCUT2D eigenvalue weighted by Crippen LogP contribution is -2.31. The molecule has 1 saturated heterocycles. The first-order valence-corrected chi connectivity index (χ1v) is 8.06. The molecule has 2 aromatic rings. The quantitative estimate of drug-likeness (QED) is 0.902. The van der Waals surface area contributed by atoms with Crippen LogP contribution in [0.25, 0.3) is 0 Å². The number of benzene rings is 1. The van der Waals surface area contributed by atoms with E-state index >= 15 is 0 Å². The van der Waals surface area contributed by atoms with Crippen molar-refractivity contribution in [1.82, 2.24) is 10.3 Å². The molecule has 1 aromatic carbocycles. The van der Waals surface area contributed by atoms with Crippen molar-refractivity contribution in [2.75, 3.05) is 6.54 Å². The molecule has 0 saturated carbocycles. The molecule has 3 heteroatoms. The Morgan fingerprint density at radius 2 is 1.82 bits per heavy atom. The molecule has 0 unspecified atom stereocenters. The number of nitrogens with zero attached hydrogens (tertiary/aromatic N) is 1. The maximum absolute atomic E-state index is 6.02. The van der Waals surface area contributed by atoms with Gasteiger partial charge in [0.2, 0.25) is 0 Å². The van der Waals surface area contributed by atoms with E-state index < -0.39 is 0 Å². The average molecular weight is 296 g/mol. The summed E-state index contributed by atoms with van der Waals surface area (Å²) >= 11 is 0. The van der Waals surface area contributed by atoms with Gasteiger partial charge in [-0.05, 0) is 56.8 Å².